The summed E-state index contributed by atoms with van der Waals surface area (Å²) in [5, 5.41) is 1.09. The quantitative estimate of drug-likeness (QED) is 0.273. The summed E-state index contributed by atoms with van der Waals surface area (Å²) in [6, 6.07) is 24.6. The van der Waals surface area contributed by atoms with E-state index in [0.29, 0.717) is 22.6 Å². The Balaban J connectivity index is 1.61. The van der Waals surface area contributed by atoms with E-state index in [1.54, 1.807) is 29.7 Å². The van der Waals surface area contributed by atoms with Crippen LogP contribution in [0.15, 0.2) is 88.8 Å². The largest absolute Gasteiger partial charge is 0.496 e. The highest BCUT2D eigenvalue weighted by Crippen LogP contribution is 2.25. The van der Waals surface area contributed by atoms with E-state index >= 15 is 0 Å². The van der Waals surface area contributed by atoms with Crippen molar-refractivity contribution in [2.24, 2.45) is 0 Å². The molecular formula is C27H27N3O3S. The van der Waals surface area contributed by atoms with Crippen molar-refractivity contribution in [2.45, 2.75) is 24.7 Å². The molecule has 34 heavy (non-hydrogen) atoms. The molecule has 0 aliphatic carbocycles. The molecule has 4 aromatic rings. The maximum absolute atomic E-state index is 13.5. The van der Waals surface area contributed by atoms with Gasteiger partial charge in [0.25, 0.3) is 5.56 Å². The third-order valence-electron chi connectivity index (χ3n) is 5.80. The van der Waals surface area contributed by atoms with Gasteiger partial charge in [-0.2, -0.15) is 0 Å². The smallest absolute Gasteiger partial charge is 0.262 e. The number of hydrogen-bond donors (Lipinski definition) is 0. The van der Waals surface area contributed by atoms with Crippen molar-refractivity contribution < 1.29 is 9.53 Å². The molecule has 4 rings (SSSR count). The number of amides is 1. The first-order chi connectivity index (χ1) is 16.5. The fourth-order valence-corrected chi connectivity index (χ4v) is 4.88. The Hall–Kier alpha value is -3.58. The highest BCUT2D eigenvalue weighted by molar-refractivity contribution is 7.99. The van der Waals surface area contributed by atoms with Gasteiger partial charge in [0.05, 0.1) is 29.8 Å². The number of para-hydroxylation sites is 2. The van der Waals surface area contributed by atoms with E-state index in [1.807, 2.05) is 79.7 Å². The van der Waals surface area contributed by atoms with Crippen molar-refractivity contribution in [2.75, 3.05) is 19.9 Å². The average Bonchev–Trinajstić information content (AvgIpc) is 2.87. The summed E-state index contributed by atoms with van der Waals surface area (Å²) in [5.74, 6) is 0.853. The predicted molar refractivity (Wildman–Crippen MR) is 136 cm³/mol. The number of ether oxygens (including phenoxy) is 1. The van der Waals surface area contributed by atoms with Gasteiger partial charge in [0, 0.05) is 19.2 Å². The predicted octanol–water partition coefficient (Wildman–Crippen LogP) is 4.77. The Labute approximate surface area is 203 Å². The van der Waals surface area contributed by atoms with Gasteiger partial charge in [0.2, 0.25) is 5.91 Å². The van der Waals surface area contributed by atoms with Crippen LogP contribution in [0, 0.1) is 0 Å². The average molecular weight is 474 g/mol. The lowest BCUT2D eigenvalue weighted by molar-refractivity contribution is -0.127. The fourth-order valence-electron chi connectivity index (χ4n) is 3.86. The van der Waals surface area contributed by atoms with Gasteiger partial charge in [-0.05, 0) is 30.7 Å². The Kier molecular flexibility index (Phi) is 7.33. The molecule has 3 aromatic carbocycles. The molecule has 6 nitrogen and oxygen atoms in total. The van der Waals surface area contributed by atoms with Crippen LogP contribution in [0.2, 0.25) is 0 Å². The van der Waals surface area contributed by atoms with E-state index in [2.05, 4.69) is 0 Å². The first-order valence-corrected chi connectivity index (χ1v) is 12.0. The van der Waals surface area contributed by atoms with Crippen molar-refractivity contribution in [3.63, 3.8) is 0 Å². The summed E-state index contributed by atoms with van der Waals surface area (Å²) in [5.41, 5.74) is 2.45. The van der Waals surface area contributed by atoms with Crippen LogP contribution >= 0.6 is 11.8 Å². The highest BCUT2D eigenvalue weighted by atomic mass is 32.2. The Morgan fingerprint density at radius 3 is 2.47 bits per heavy atom. The number of thioether (sulfide) groups is 1. The topological polar surface area (TPSA) is 64.4 Å². The molecular weight excluding hydrogens is 446 g/mol. The number of carbonyl (C=O) groups excluding carboxylic acids is 1. The normalized spacial score (nSPS) is 11.9. The SMILES string of the molecule is COc1ccccc1CN(C)C(=O)CSc1nc2ccccc2c(=O)n1C(C)c1ccccc1. The van der Waals surface area contributed by atoms with Crippen LogP contribution in [0.25, 0.3) is 10.9 Å². The van der Waals surface area contributed by atoms with E-state index in [1.165, 1.54) is 11.8 Å². The van der Waals surface area contributed by atoms with Gasteiger partial charge in [0.1, 0.15) is 5.75 Å². The molecule has 1 unspecified atom stereocenters. The van der Waals surface area contributed by atoms with Crippen molar-refractivity contribution in [1.29, 1.82) is 0 Å². The van der Waals surface area contributed by atoms with Crippen molar-refractivity contribution in [1.82, 2.24) is 14.5 Å². The molecule has 1 amide bonds. The molecule has 7 heteroatoms. The first kappa shape index (κ1) is 23.6. The molecule has 0 aliphatic heterocycles. The Morgan fingerprint density at radius 2 is 1.71 bits per heavy atom. The minimum atomic E-state index is -0.227. The van der Waals surface area contributed by atoms with Crippen LogP contribution in [0.5, 0.6) is 5.75 Å². The zero-order valence-corrected chi connectivity index (χ0v) is 20.3. The number of rotatable bonds is 8. The van der Waals surface area contributed by atoms with Gasteiger partial charge in [-0.15, -0.1) is 0 Å². The summed E-state index contributed by atoms with van der Waals surface area (Å²) < 4.78 is 7.09. The summed E-state index contributed by atoms with van der Waals surface area (Å²) in [4.78, 5) is 32.8. The van der Waals surface area contributed by atoms with Crippen LogP contribution < -0.4 is 10.3 Å². The van der Waals surface area contributed by atoms with Gasteiger partial charge in [-0.3, -0.25) is 14.2 Å². The van der Waals surface area contributed by atoms with Gasteiger partial charge in [-0.25, -0.2) is 4.98 Å². The summed E-state index contributed by atoms with van der Waals surface area (Å²) >= 11 is 1.29. The third-order valence-corrected chi connectivity index (χ3v) is 6.73. The molecule has 0 aliphatic rings. The lowest BCUT2D eigenvalue weighted by Gasteiger charge is -2.21. The molecule has 0 saturated carbocycles. The number of benzene rings is 3. The van der Waals surface area contributed by atoms with Crippen molar-refractivity contribution in [3.05, 3.63) is 100 Å². The van der Waals surface area contributed by atoms with Gasteiger partial charge >= 0.3 is 0 Å². The molecule has 1 heterocycles. The van der Waals surface area contributed by atoms with E-state index in [9.17, 15) is 9.59 Å². The number of methoxy groups -OCH3 is 1. The summed E-state index contributed by atoms with van der Waals surface area (Å²) in [7, 11) is 3.39. The van der Waals surface area contributed by atoms with Crippen LogP contribution in [-0.4, -0.2) is 40.3 Å². The maximum Gasteiger partial charge on any atom is 0.262 e. The van der Waals surface area contributed by atoms with E-state index in [0.717, 1.165) is 16.9 Å². The number of hydrogen-bond acceptors (Lipinski definition) is 5. The monoisotopic (exact) mass is 473 g/mol. The second-order valence-corrected chi connectivity index (χ2v) is 8.97. The molecule has 0 spiro atoms. The number of fused-ring (bicyclic) bond motifs is 1. The van der Waals surface area contributed by atoms with E-state index in [4.69, 9.17) is 9.72 Å². The molecule has 1 aromatic heterocycles. The van der Waals surface area contributed by atoms with Crippen molar-refractivity contribution >= 4 is 28.6 Å². The van der Waals surface area contributed by atoms with Gasteiger partial charge < -0.3 is 9.64 Å². The van der Waals surface area contributed by atoms with Crippen LogP contribution in [0.1, 0.15) is 24.1 Å². The van der Waals surface area contributed by atoms with E-state index in [-0.39, 0.29) is 23.3 Å². The lowest BCUT2D eigenvalue weighted by Crippen LogP contribution is -2.30. The fraction of sp³-hybridized carbons (Fsp3) is 0.222. The Morgan fingerprint density at radius 1 is 1.03 bits per heavy atom. The summed E-state index contributed by atoms with van der Waals surface area (Å²) in [6.07, 6.45) is 0. The minimum Gasteiger partial charge on any atom is -0.496 e. The molecule has 174 valence electrons. The maximum atomic E-state index is 13.5. The van der Waals surface area contributed by atoms with Crippen molar-refractivity contribution in [3.8, 4) is 5.75 Å². The molecule has 0 bridgehead atoms. The van der Waals surface area contributed by atoms with Crippen LogP contribution in [-0.2, 0) is 11.3 Å². The third kappa shape index (κ3) is 4.99. The van der Waals surface area contributed by atoms with E-state index < -0.39 is 0 Å². The number of aromatic nitrogens is 2. The molecule has 1 atom stereocenters. The summed E-state index contributed by atoms with van der Waals surface area (Å²) in [6.45, 7) is 2.41. The molecule has 0 N–H and O–H groups in total. The van der Waals surface area contributed by atoms with Gasteiger partial charge in [0.15, 0.2) is 5.16 Å². The molecule has 0 radical (unpaired) electrons. The molecule has 0 fully saturated rings. The first-order valence-electron chi connectivity index (χ1n) is 11.0. The van der Waals surface area contributed by atoms with Crippen LogP contribution in [0.3, 0.4) is 0 Å². The Bertz CT molecular complexity index is 1350. The number of nitrogens with zero attached hydrogens (tertiary/aromatic N) is 3. The zero-order chi connectivity index (χ0) is 24.1. The zero-order valence-electron chi connectivity index (χ0n) is 19.5. The highest BCUT2D eigenvalue weighted by Gasteiger charge is 2.20. The van der Waals surface area contributed by atoms with Crippen LogP contribution in [0.4, 0.5) is 0 Å². The lowest BCUT2D eigenvalue weighted by atomic mass is 10.1. The second-order valence-electron chi connectivity index (χ2n) is 8.02. The minimum absolute atomic E-state index is 0.0581. The number of carbonyl (C=O) groups is 1. The second kappa shape index (κ2) is 10.6. The molecule has 0 saturated heterocycles. The van der Waals surface area contributed by atoms with Gasteiger partial charge in [-0.1, -0.05) is 72.4 Å². The standard InChI is InChI=1S/C27H27N3O3S/c1-19(20-11-5-4-6-12-20)30-26(32)22-14-8-9-15-23(22)28-27(30)34-18-25(31)29(2)17-21-13-7-10-16-24(21)33-3/h4-16,19H,17-18H2,1-3H3.